The molecule has 0 saturated carbocycles. The molecular weight excluding hydrogens is 290 g/mol. The van der Waals surface area contributed by atoms with Gasteiger partial charge in [0.2, 0.25) is 0 Å². The van der Waals surface area contributed by atoms with Crippen LogP contribution in [-0.4, -0.2) is 66.3 Å². The summed E-state index contributed by atoms with van der Waals surface area (Å²) in [6, 6.07) is 10.6. The van der Waals surface area contributed by atoms with Crippen LogP contribution in [0.2, 0.25) is 0 Å². The Morgan fingerprint density at radius 1 is 1.22 bits per heavy atom. The first-order chi connectivity index (χ1) is 11.2. The van der Waals surface area contributed by atoms with Crippen LogP contribution in [0.1, 0.15) is 12.8 Å². The topological polar surface area (TPSA) is 57.4 Å². The smallest absolute Gasteiger partial charge is 0.263 e. The molecular formula is C17H25N5O. The van der Waals surface area contributed by atoms with Crippen LogP contribution in [0.15, 0.2) is 34.9 Å². The molecule has 0 atom stereocenters. The van der Waals surface area contributed by atoms with E-state index in [9.17, 15) is 0 Å². The second-order valence-corrected chi connectivity index (χ2v) is 6.25. The largest absolute Gasteiger partial charge is 0.350 e. The number of piperidine rings is 1. The Balaban J connectivity index is 1.43. The fraction of sp³-hybridized carbons (Fsp3) is 0.529. The number of benzene rings is 1. The first-order valence-electron chi connectivity index (χ1n) is 8.24. The van der Waals surface area contributed by atoms with Crippen molar-refractivity contribution in [3.63, 3.8) is 0 Å². The van der Waals surface area contributed by atoms with Crippen molar-refractivity contribution >= 4 is 5.95 Å². The van der Waals surface area contributed by atoms with Crippen LogP contribution < -0.4 is 5.32 Å². The third kappa shape index (κ3) is 4.30. The van der Waals surface area contributed by atoms with Crippen LogP contribution in [0, 0.1) is 0 Å². The van der Waals surface area contributed by atoms with Gasteiger partial charge in [-0.05, 0) is 57.3 Å². The summed E-state index contributed by atoms with van der Waals surface area (Å²) in [4.78, 5) is 9.21. The van der Waals surface area contributed by atoms with Crippen LogP contribution >= 0.6 is 0 Å². The van der Waals surface area contributed by atoms with Gasteiger partial charge in [-0.1, -0.05) is 18.2 Å². The van der Waals surface area contributed by atoms with E-state index < -0.39 is 0 Å². The lowest BCUT2D eigenvalue weighted by atomic mass is 10.0. The summed E-state index contributed by atoms with van der Waals surface area (Å²) in [5, 5.41) is 7.24. The summed E-state index contributed by atoms with van der Waals surface area (Å²) in [6.45, 7) is 4.16. The molecule has 1 aromatic heterocycles. The number of likely N-dealkylation sites (tertiary alicyclic amines) is 1. The quantitative estimate of drug-likeness (QED) is 0.882. The van der Waals surface area contributed by atoms with E-state index in [4.69, 9.17) is 4.52 Å². The van der Waals surface area contributed by atoms with Crippen molar-refractivity contribution in [2.24, 2.45) is 0 Å². The van der Waals surface area contributed by atoms with Gasteiger partial charge in [-0.25, -0.2) is 0 Å². The molecule has 6 nitrogen and oxygen atoms in total. The van der Waals surface area contributed by atoms with Gasteiger partial charge in [0, 0.05) is 24.7 Å². The molecule has 0 unspecified atom stereocenters. The third-order valence-corrected chi connectivity index (χ3v) is 4.45. The summed E-state index contributed by atoms with van der Waals surface area (Å²) in [7, 11) is 4.34. The molecule has 6 heteroatoms. The van der Waals surface area contributed by atoms with E-state index in [1.54, 1.807) is 0 Å². The molecule has 2 aromatic rings. The van der Waals surface area contributed by atoms with Crippen LogP contribution in [-0.2, 0) is 0 Å². The minimum absolute atomic E-state index is 0.555. The fourth-order valence-electron chi connectivity index (χ4n) is 2.98. The molecule has 0 amide bonds. The first-order valence-corrected chi connectivity index (χ1v) is 8.24. The van der Waals surface area contributed by atoms with Gasteiger partial charge in [-0.15, -0.1) is 0 Å². The predicted molar refractivity (Wildman–Crippen MR) is 91.4 cm³/mol. The molecule has 0 bridgehead atoms. The van der Waals surface area contributed by atoms with Gasteiger partial charge < -0.3 is 19.6 Å². The zero-order chi connectivity index (χ0) is 16.1. The van der Waals surface area contributed by atoms with Crippen molar-refractivity contribution in [2.45, 2.75) is 18.9 Å². The molecule has 1 aromatic carbocycles. The Kier molecular flexibility index (Phi) is 5.25. The molecule has 23 heavy (non-hydrogen) atoms. The minimum Gasteiger partial charge on any atom is -0.350 e. The van der Waals surface area contributed by atoms with Gasteiger partial charge >= 0.3 is 0 Å². The van der Waals surface area contributed by atoms with Crippen molar-refractivity contribution in [2.75, 3.05) is 45.6 Å². The number of hydrogen-bond acceptors (Lipinski definition) is 6. The fourth-order valence-corrected chi connectivity index (χ4v) is 2.98. The van der Waals surface area contributed by atoms with E-state index in [0.29, 0.717) is 11.8 Å². The van der Waals surface area contributed by atoms with Crippen molar-refractivity contribution in [3.8, 4) is 11.5 Å². The highest BCUT2D eigenvalue weighted by Crippen LogP contribution is 2.18. The van der Waals surface area contributed by atoms with E-state index in [1.165, 1.54) is 12.8 Å². The number of rotatable bonds is 6. The molecule has 1 aliphatic heterocycles. The zero-order valence-electron chi connectivity index (χ0n) is 13.9. The molecule has 1 N–H and O–H groups in total. The maximum atomic E-state index is 5.29. The monoisotopic (exact) mass is 315 g/mol. The Bertz CT molecular complexity index is 590. The number of nitrogens with zero attached hydrogens (tertiary/aromatic N) is 4. The molecule has 3 rings (SSSR count). The normalized spacial score (nSPS) is 16.8. The number of anilines is 1. The van der Waals surface area contributed by atoms with Gasteiger partial charge in [0.25, 0.3) is 11.8 Å². The second kappa shape index (κ2) is 7.57. The molecule has 0 radical (unpaired) electrons. The van der Waals surface area contributed by atoms with Crippen LogP contribution in [0.25, 0.3) is 11.5 Å². The summed E-state index contributed by atoms with van der Waals surface area (Å²) >= 11 is 0. The Hall–Kier alpha value is -1.92. The van der Waals surface area contributed by atoms with Gasteiger partial charge in [-0.2, -0.15) is 4.98 Å². The third-order valence-electron chi connectivity index (χ3n) is 4.45. The van der Waals surface area contributed by atoms with Gasteiger partial charge in [-0.3, -0.25) is 0 Å². The first kappa shape index (κ1) is 16.0. The van der Waals surface area contributed by atoms with Crippen LogP contribution in [0.5, 0.6) is 0 Å². The van der Waals surface area contributed by atoms with E-state index in [2.05, 4.69) is 39.4 Å². The van der Waals surface area contributed by atoms with Crippen molar-refractivity contribution in [1.29, 1.82) is 0 Å². The molecule has 0 spiro atoms. The molecule has 2 heterocycles. The van der Waals surface area contributed by atoms with Gasteiger partial charge in [0.15, 0.2) is 0 Å². The molecule has 124 valence electrons. The number of hydrogen-bond donors (Lipinski definition) is 1. The summed E-state index contributed by atoms with van der Waals surface area (Å²) in [5.41, 5.74) is 0.943. The SMILES string of the molecule is CN(C)C1CCN(CCNc2noc(-c3ccccc3)n2)CC1. The second-order valence-electron chi connectivity index (χ2n) is 6.25. The lowest BCUT2D eigenvalue weighted by molar-refractivity contribution is 0.148. The lowest BCUT2D eigenvalue weighted by Crippen LogP contribution is -2.43. The van der Waals surface area contributed by atoms with Crippen molar-refractivity contribution in [1.82, 2.24) is 19.9 Å². The summed E-state index contributed by atoms with van der Waals surface area (Å²) in [5.74, 6) is 1.12. The molecule has 0 aliphatic carbocycles. The highest BCUT2D eigenvalue weighted by atomic mass is 16.5. The van der Waals surface area contributed by atoms with Gasteiger partial charge in [0.05, 0.1) is 0 Å². The Morgan fingerprint density at radius 3 is 2.65 bits per heavy atom. The lowest BCUT2D eigenvalue weighted by Gasteiger charge is -2.35. The van der Waals surface area contributed by atoms with E-state index in [-0.39, 0.29) is 0 Å². The maximum absolute atomic E-state index is 5.29. The Morgan fingerprint density at radius 2 is 1.96 bits per heavy atom. The minimum atomic E-state index is 0.555. The summed E-state index contributed by atoms with van der Waals surface area (Å²) < 4.78 is 5.29. The number of nitrogens with one attached hydrogen (secondary N) is 1. The molecule has 1 fully saturated rings. The van der Waals surface area contributed by atoms with E-state index >= 15 is 0 Å². The average molecular weight is 315 g/mol. The van der Waals surface area contributed by atoms with E-state index in [0.717, 1.165) is 37.8 Å². The highest BCUT2D eigenvalue weighted by molar-refractivity contribution is 5.53. The van der Waals surface area contributed by atoms with Crippen LogP contribution in [0.3, 0.4) is 0 Å². The standard InChI is InChI=1S/C17H25N5O/c1-21(2)15-8-11-22(12-9-15)13-10-18-17-19-16(23-20-17)14-6-4-3-5-7-14/h3-7,15H,8-13H2,1-2H3,(H,18,20). The Labute approximate surface area is 137 Å². The average Bonchev–Trinajstić information content (AvgIpc) is 3.05. The van der Waals surface area contributed by atoms with Crippen LogP contribution in [0.4, 0.5) is 5.95 Å². The number of aromatic nitrogens is 2. The summed E-state index contributed by atoms with van der Waals surface area (Å²) in [6.07, 6.45) is 2.49. The highest BCUT2D eigenvalue weighted by Gasteiger charge is 2.20. The zero-order valence-corrected chi connectivity index (χ0v) is 13.9. The van der Waals surface area contributed by atoms with E-state index in [1.807, 2.05) is 30.3 Å². The van der Waals surface area contributed by atoms with Crippen molar-refractivity contribution < 1.29 is 4.52 Å². The predicted octanol–water partition coefficient (Wildman–Crippen LogP) is 2.17. The maximum Gasteiger partial charge on any atom is 0.263 e. The van der Waals surface area contributed by atoms with Crippen molar-refractivity contribution in [3.05, 3.63) is 30.3 Å². The van der Waals surface area contributed by atoms with Gasteiger partial charge in [0.1, 0.15) is 0 Å². The molecule has 1 aliphatic rings. The molecule has 1 saturated heterocycles.